The van der Waals surface area contributed by atoms with Gasteiger partial charge in [-0.3, -0.25) is 0 Å². The van der Waals surface area contributed by atoms with E-state index in [0.29, 0.717) is 0 Å². The molecule has 1 nitrogen and oxygen atoms in total. The van der Waals surface area contributed by atoms with Crippen molar-refractivity contribution in [2.24, 2.45) is 0 Å². The van der Waals surface area contributed by atoms with Crippen LogP contribution in [0.15, 0.2) is 11.4 Å². The van der Waals surface area contributed by atoms with Gasteiger partial charge in [-0.1, -0.05) is 0 Å². The van der Waals surface area contributed by atoms with Crippen LogP contribution in [-0.2, 0) is 25.2 Å². The summed E-state index contributed by atoms with van der Waals surface area (Å²) in [5.41, 5.74) is 1.24. The van der Waals surface area contributed by atoms with E-state index in [1.165, 1.54) is 5.56 Å². The van der Waals surface area contributed by atoms with Gasteiger partial charge in [0.25, 0.3) is 0 Å². The van der Waals surface area contributed by atoms with Gasteiger partial charge in [-0.15, -0.1) is 0 Å². The van der Waals surface area contributed by atoms with Crippen LogP contribution in [0.5, 0.6) is 5.06 Å². The fourth-order valence-corrected chi connectivity index (χ4v) is 1.91. The molecule has 55 valence electrons. The minimum Gasteiger partial charge on any atom is -1.00 e. The molecule has 1 heterocycles. The molecule has 1 aromatic rings. The average molecular weight is 275 g/mol. The van der Waals surface area contributed by atoms with Crippen LogP contribution >= 0.6 is 11.3 Å². The predicted molar refractivity (Wildman–Crippen MR) is 29.7 cm³/mol. The van der Waals surface area contributed by atoms with Crippen LogP contribution in [-0.4, -0.2) is 0 Å². The monoisotopic (exact) mass is 273 g/mol. The number of hydrogen-bond acceptors (Lipinski definition) is 2. The van der Waals surface area contributed by atoms with Gasteiger partial charge in [-0.2, -0.15) is 0 Å². The zero-order chi connectivity index (χ0) is 5.98. The maximum Gasteiger partial charge on any atom is -1.00 e. The molecule has 0 unspecified atom stereocenters. The molecular weight excluding hydrogens is 270 g/mol. The topological polar surface area (TPSA) is 9.23 Å². The SMILES string of the molecule is Cc1ccsc1[O][Zr+2].[Cl-].[Cl-]. The first kappa shape index (κ1) is 13.5. The first-order valence-electron chi connectivity index (χ1n) is 2.22. The first-order chi connectivity index (χ1) is 3.84. The minimum absolute atomic E-state index is 0. The fourth-order valence-electron chi connectivity index (χ4n) is 0.463. The zero-order valence-electron chi connectivity index (χ0n) is 5.23. The summed E-state index contributed by atoms with van der Waals surface area (Å²) in [4.78, 5) is 0. The smallest absolute Gasteiger partial charge is 1.00 e. The third kappa shape index (κ3) is 3.38. The first-order valence-corrected chi connectivity index (χ1v) is 4.10. The second-order valence-electron chi connectivity index (χ2n) is 1.49. The predicted octanol–water partition coefficient (Wildman–Crippen LogP) is -4.09. The summed E-state index contributed by atoms with van der Waals surface area (Å²) in [6.45, 7) is 2.05. The van der Waals surface area contributed by atoms with Gasteiger partial charge in [-0.25, -0.2) is 0 Å². The molecule has 0 saturated carbocycles. The molecule has 0 N–H and O–H groups in total. The van der Waals surface area contributed by atoms with Crippen molar-refractivity contribution in [3.63, 3.8) is 0 Å². The molecule has 0 atom stereocenters. The van der Waals surface area contributed by atoms with Crippen LogP contribution in [0.25, 0.3) is 0 Å². The third-order valence-electron chi connectivity index (χ3n) is 0.908. The van der Waals surface area contributed by atoms with Crippen molar-refractivity contribution in [1.29, 1.82) is 0 Å². The van der Waals surface area contributed by atoms with E-state index < -0.39 is 0 Å². The summed E-state index contributed by atoms with van der Waals surface area (Å²) in [7, 11) is 0. The summed E-state index contributed by atoms with van der Waals surface area (Å²) >= 11 is 2.76. The molecule has 5 heteroatoms. The maximum atomic E-state index is 5.09. The Morgan fingerprint density at radius 1 is 1.50 bits per heavy atom. The molecule has 0 amide bonds. The van der Waals surface area contributed by atoms with Crippen LogP contribution in [0, 0.1) is 6.92 Å². The van der Waals surface area contributed by atoms with Gasteiger partial charge in [-0.05, 0) is 0 Å². The van der Waals surface area contributed by atoms with E-state index in [1.807, 2.05) is 5.38 Å². The van der Waals surface area contributed by atoms with E-state index in [-0.39, 0.29) is 24.8 Å². The van der Waals surface area contributed by atoms with Crippen molar-refractivity contribution in [2.75, 3.05) is 0 Å². The molecule has 0 aliphatic rings. The molecule has 0 radical (unpaired) electrons. The molecule has 0 aliphatic carbocycles. The van der Waals surface area contributed by atoms with Crippen molar-refractivity contribution in [3.8, 4) is 5.06 Å². The number of rotatable bonds is 1. The van der Waals surface area contributed by atoms with Gasteiger partial charge in [0.05, 0.1) is 0 Å². The van der Waals surface area contributed by atoms with E-state index >= 15 is 0 Å². The van der Waals surface area contributed by atoms with E-state index in [1.54, 1.807) is 11.3 Å². The Hall–Kier alpha value is 0.963. The zero-order valence-corrected chi connectivity index (χ0v) is 10.0. The third-order valence-corrected chi connectivity index (χ3v) is 2.66. The maximum absolute atomic E-state index is 5.09. The second kappa shape index (κ2) is 6.66. The Balaban J connectivity index is 0. The quantitative estimate of drug-likeness (QED) is 0.506. The molecule has 0 bridgehead atoms. The molecule has 0 fully saturated rings. The Kier molecular flexibility index (Phi) is 9.02. The molecule has 0 saturated heterocycles. The molecule has 0 aromatic carbocycles. The van der Waals surface area contributed by atoms with Gasteiger partial charge >= 0.3 is 68.3 Å². The summed E-state index contributed by atoms with van der Waals surface area (Å²) in [5, 5.41) is 3.09. The standard InChI is InChI=1S/C5H6OS.2ClH.Zr/c1-4-2-3-7-5(4)6;;;/h2-3,6H,1H3;2*1H;/q;;;+3/p-3. The average Bonchev–Trinajstić information content (AvgIpc) is 2.14. The minimum atomic E-state index is 0. The van der Waals surface area contributed by atoms with Crippen molar-refractivity contribution in [1.82, 2.24) is 0 Å². The van der Waals surface area contributed by atoms with E-state index in [4.69, 9.17) is 2.81 Å². The summed E-state index contributed by atoms with van der Waals surface area (Å²) < 4.78 is 5.09. The van der Waals surface area contributed by atoms with Gasteiger partial charge in [0, 0.05) is 0 Å². The fraction of sp³-hybridized carbons (Fsp3) is 0.200. The van der Waals surface area contributed by atoms with Gasteiger partial charge in [0.15, 0.2) is 0 Å². The normalized spacial score (nSPS) is 7.50. The van der Waals surface area contributed by atoms with Crippen molar-refractivity contribution >= 4 is 11.3 Å². The van der Waals surface area contributed by atoms with Crippen LogP contribution < -0.4 is 27.6 Å². The van der Waals surface area contributed by atoms with Crippen molar-refractivity contribution in [2.45, 2.75) is 6.92 Å². The van der Waals surface area contributed by atoms with E-state index in [2.05, 4.69) is 13.0 Å². The van der Waals surface area contributed by atoms with E-state index in [9.17, 15) is 0 Å². The van der Waals surface area contributed by atoms with Gasteiger partial charge < -0.3 is 24.8 Å². The Morgan fingerprint density at radius 2 is 2.10 bits per heavy atom. The molecule has 1 rings (SSSR count). The largest absolute Gasteiger partial charge is 1.00 e. The number of aryl methyl sites for hydroxylation is 1. The molecule has 0 aliphatic heterocycles. The molecule has 10 heavy (non-hydrogen) atoms. The summed E-state index contributed by atoms with van der Waals surface area (Å²) in [6.07, 6.45) is 0. The van der Waals surface area contributed by atoms with Crippen LogP contribution in [0.2, 0.25) is 0 Å². The molecule has 1 aromatic heterocycles. The Morgan fingerprint density at radius 3 is 2.30 bits per heavy atom. The summed E-state index contributed by atoms with van der Waals surface area (Å²) in [6, 6.07) is 2.06. The van der Waals surface area contributed by atoms with Gasteiger partial charge in [0.2, 0.25) is 0 Å². The molecule has 0 spiro atoms. The van der Waals surface area contributed by atoms with E-state index in [0.717, 1.165) is 30.2 Å². The Bertz CT molecular complexity index is 180. The Labute approximate surface area is 92.4 Å². The number of thiophene rings is 1. The van der Waals surface area contributed by atoms with Crippen molar-refractivity contribution < 1.29 is 52.8 Å². The van der Waals surface area contributed by atoms with Crippen LogP contribution in [0.1, 0.15) is 5.56 Å². The summed E-state index contributed by atoms with van der Waals surface area (Å²) in [5.74, 6) is 0. The number of hydrogen-bond donors (Lipinski definition) is 0. The number of halogens is 2. The van der Waals surface area contributed by atoms with Gasteiger partial charge in [0.1, 0.15) is 0 Å². The molecular formula is C5H5Cl2OSZr. The van der Waals surface area contributed by atoms with Crippen LogP contribution in [0.4, 0.5) is 0 Å². The van der Waals surface area contributed by atoms with Crippen LogP contribution in [0.3, 0.4) is 0 Å². The van der Waals surface area contributed by atoms with Crippen molar-refractivity contribution in [3.05, 3.63) is 17.0 Å². The second-order valence-corrected chi connectivity index (χ2v) is 2.87.